The summed E-state index contributed by atoms with van der Waals surface area (Å²) in [6, 6.07) is 3.13. The van der Waals surface area contributed by atoms with E-state index in [9.17, 15) is 4.79 Å². The molecule has 0 saturated carbocycles. The molecule has 0 radical (unpaired) electrons. The molecule has 0 aromatic carbocycles. The second kappa shape index (κ2) is 4.61. The van der Waals surface area contributed by atoms with Crippen molar-refractivity contribution in [2.24, 2.45) is 5.73 Å². The van der Waals surface area contributed by atoms with Gasteiger partial charge in [-0.2, -0.15) is 0 Å². The van der Waals surface area contributed by atoms with Crippen LogP contribution in [0.15, 0.2) is 22.8 Å². The molecule has 3 nitrogen and oxygen atoms in total. The monoisotopic (exact) mass is 143 g/mol. The first-order valence-electron chi connectivity index (χ1n) is 3.14. The van der Waals surface area contributed by atoms with E-state index in [0.717, 1.165) is 0 Å². The van der Waals surface area contributed by atoms with Crippen molar-refractivity contribution in [3.8, 4) is 0 Å². The number of furan rings is 1. The van der Waals surface area contributed by atoms with Gasteiger partial charge in [0.25, 0.3) is 5.91 Å². The third-order valence-corrected chi connectivity index (χ3v) is 0.764. The SMILES string of the molecule is CC.NC(=O)c1ccco1.[HH]. The fraction of sp³-hybridized carbons (Fsp3) is 0.286. The third kappa shape index (κ3) is 2.35. The van der Waals surface area contributed by atoms with Gasteiger partial charge in [-0.1, -0.05) is 13.8 Å². The first kappa shape index (κ1) is 8.75. The maximum Gasteiger partial charge on any atom is 0.284 e. The highest BCUT2D eigenvalue weighted by atomic mass is 16.3. The molecule has 0 fully saturated rings. The summed E-state index contributed by atoms with van der Waals surface area (Å²) in [6.07, 6.45) is 1.40. The molecule has 0 aliphatic carbocycles. The molecule has 0 saturated heterocycles. The second-order valence-corrected chi connectivity index (χ2v) is 1.34. The summed E-state index contributed by atoms with van der Waals surface area (Å²) in [5, 5.41) is 0. The quantitative estimate of drug-likeness (QED) is 0.649. The van der Waals surface area contributed by atoms with Gasteiger partial charge in [0.15, 0.2) is 5.76 Å². The molecule has 2 N–H and O–H groups in total. The van der Waals surface area contributed by atoms with Crippen LogP contribution in [0.2, 0.25) is 0 Å². The topological polar surface area (TPSA) is 56.2 Å². The minimum absolute atomic E-state index is 0. The van der Waals surface area contributed by atoms with Gasteiger partial charge >= 0.3 is 0 Å². The van der Waals surface area contributed by atoms with E-state index in [0.29, 0.717) is 0 Å². The fourth-order valence-corrected chi connectivity index (χ4v) is 0.419. The highest BCUT2D eigenvalue weighted by Crippen LogP contribution is 1.96. The Balaban J connectivity index is 0. The molecule has 3 heteroatoms. The molecule has 0 spiro atoms. The molecular weight excluding hydrogens is 130 g/mol. The summed E-state index contributed by atoms with van der Waals surface area (Å²) in [4.78, 5) is 10.2. The first-order chi connectivity index (χ1) is 4.80. The van der Waals surface area contributed by atoms with E-state index in [2.05, 4.69) is 4.42 Å². The molecule has 10 heavy (non-hydrogen) atoms. The Morgan fingerprint density at radius 2 is 2.30 bits per heavy atom. The molecule has 58 valence electrons. The first-order valence-corrected chi connectivity index (χ1v) is 3.14. The van der Waals surface area contributed by atoms with Crippen molar-refractivity contribution in [2.45, 2.75) is 13.8 Å². The summed E-state index contributed by atoms with van der Waals surface area (Å²) >= 11 is 0. The van der Waals surface area contributed by atoms with Crippen molar-refractivity contribution >= 4 is 5.91 Å². The van der Waals surface area contributed by atoms with Gasteiger partial charge < -0.3 is 10.2 Å². The number of carbonyl (C=O) groups excluding carboxylic acids is 1. The van der Waals surface area contributed by atoms with E-state index < -0.39 is 5.91 Å². The van der Waals surface area contributed by atoms with Gasteiger partial charge in [-0.25, -0.2) is 0 Å². The number of hydrogen-bond donors (Lipinski definition) is 1. The zero-order chi connectivity index (χ0) is 7.98. The van der Waals surface area contributed by atoms with Crippen LogP contribution in [0.5, 0.6) is 0 Å². The number of amides is 1. The van der Waals surface area contributed by atoms with Crippen molar-refractivity contribution in [1.29, 1.82) is 0 Å². The highest BCUT2D eigenvalue weighted by molar-refractivity contribution is 5.89. The Labute approximate surface area is 61.3 Å². The predicted octanol–water partition coefficient (Wildman–Crippen LogP) is 1.65. The predicted molar refractivity (Wildman–Crippen MR) is 40.7 cm³/mol. The van der Waals surface area contributed by atoms with Crippen molar-refractivity contribution in [1.82, 2.24) is 0 Å². The minimum atomic E-state index is -0.532. The Morgan fingerprint density at radius 1 is 1.70 bits per heavy atom. The third-order valence-electron chi connectivity index (χ3n) is 0.764. The lowest BCUT2D eigenvalue weighted by atomic mass is 10.4. The maximum absolute atomic E-state index is 10.2. The van der Waals surface area contributed by atoms with Crippen LogP contribution < -0.4 is 5.73 Å². The van der Waals surface area contributed by atoms with Gasteiger partial charge in [0.1, 0.15) is 0 Å². The number of primary amides is 1. The molecule has 1 heterocycles. The second-order valence-electron chi connectivity index (χ2n) is 1.34. The van der Waals surface area contributed by atoms with Crippen molar-refractivity contribution < 1.29 is 10.6 Å². The Morgan fingerprint density at radius 3 is 2.50 bits per heavy atom. The summed E-state index contributed by atoms with van der Waals surface area (Å²) in [5.41, 5.74) is 4.83. The van der Waals surface area contributed by atoms with Crippen LogP contribution >= 0.6 is 0 Å². The van der Waals surface area contributed by atoms with Crippen molar-refractivity contribution in [3.05, 3.63) is 24.2 Å². The van der Waals surface area contributed by atoms with Gasteiger partial charge in [0.05, 0.1) is 6.26 Å². The Bertz CT molecular complexity index is 184. The lowest BCUT2D eigenvalue weighted by molar-refractivity contribution is 0.0974. The molecule has 1 aromatic rings. The van der Waals surface area contributed by atoms with Gasteiger partial charge in [0, 0.05) is 1.43 Å². The van der Waals surface area contributed by atoms with Crippen molar-refractivity contribution in [3.63, 3.8) is 0 Å². The molecule has 1 aromatic heterocycles. The number of nitrogens with two attached hydrogens (primary N) is 1. The van der Waals surface area contributed by atoms with Crippen LogP contribution in [0, 0.1) is 0 Å². The van der Waals surface area contributed by atoms with E-state index in [1.807, 2.05) is 13.8 Å². The Kier molecular flexibility index (Phi) is 4.04. The summed E-state index contributed by atoms with van der Waals surface area (Å²) in [7, 11) is 0. The molecule has 0 unspecified atom stereocenters. The summed E-state index contributed by atoms with van der Waals surface area (Å²) in [5.74, 6) is -0.333. The Hall–Kier alpha value is -1.25. The normalized spacial score (nSPS) is 7.80. The van der Waals surface area contributed by atoms with Crippen molar-refractivity contribution in [2.75, 3.05) is 0 Å². The average Bonchev–Trinajstić information content (AvgIpc) is 2.42. The van der Waals surface area contributed by atoms with Gasteiger partial charge in [-0.3, -0.25) is 4.79 Å². The highest BCUT2D eigenvalue weighted by Gasteiger charge is 1.98. The molecule has 0 atom stereocenters. The standard InChI is InChI=1S/C5H5NO2.C2H6.H2/c6-5(7)4-2-1-3-8-4;1-2;/h1-3H,(H2,6,7);1-2H3;1H. The van der Waals surface area contributed by atoms with Gasteiger partial charge in [0.2, 0.25) is 0 Å². The smallest absolute Gasteiger partial charge is 0.284 e. The lowest BCUT2D eigenvalue weighted by Gasteiger charge is -1.80. The number of hydrogen-bond acceptors (Lipinski definition) is 2. The molecule has 0 bridgehead atoms. The number of rotatable bonds is 1. The van der Waals surface area contributed by atoms with Gasteiger partial charge in [-0.05, 0) is 12.1 Å². The van der Waals surface area contributed by atoms with Crippen LogP contribution in [0.25, 0.3) is 0 Å². The van der Waals surface area contributed by atoms with E-state index in [1.165, 1.54) is 12.3 Å². The minimum Gasteiger partial charge on any atom is -0.459 e. The van der Waals surface area contributed by atoms with E-state index in [4.69, 9.17) is 5.73 Å². The fourth-order valence-electron chi connectivity index (χ4n) is 0.419. The zero-order valence-electron chi connectivity index (χ0n) is 6.13. The molecule has 1 rings (SSSR count). The van der Waals surface area contributed by atoms with Gasteiger partial charge in [-0.15, -0.1) is 0 Å². The van der Waals surface area contributed by atoms with E-state index >= 15 is 0 Å². The molecule has 0 aliphatic rings. The zero-order valence-corrected chi connectivity index (χ0v) is 6.13. The van der Waals surface area contributed by atoms with Crippen LogP contribution in [0.4, 0.5) is 0 Å². The molecule has 1 amide bonds. The van der Waals surface area contributed by atoms with E-state index in [1.54, 1.807) is 6.07 Å². The largest absolute Gasteiger partial charge is 0.459 e. The number of carbonyl (C=O) groups is 1. The summed E-state index contributed by atoms with van der Waals surface area (Å²) in [6.45, 7) is 4.00. The van der Waals surface area contributed by atoms with Crippen LogP contribution in [0.3, 0.4) is 0 Å². The molecule has 0 aliphatic heterocycles. The van der Waals surface area contributed by atoms with Crippen LogP contribution in [-0.2, 0) is 0 Å². The van der Waals surface area contributed by atoms with Crippen LogP contribution in [0.1, 0.15) is 25.8 Å². The maximum atomic E-state index is 10.2. The van der Waals surface area contributed by atoms with E-state index in [-0.39, 0.29) is 7.19 Å². The summed E-state index contributed by atoms with van der Waals surface area (Å²) < 4.78 is 4.62. The average molecular weight is 143 g/mol. The molecular formula is C7H13NO2. The van der Waals surface area contributed by atoms with Crippen LogP contribution in [-0.4, -0.2) is 5.91 Å². The lowest BCUT2D eigenvalue weighted by Crippen LogP contribution is -2.08.